The van der Waals surface area contributed by atoms with E-state index < -0.39 is 0 Å². The lowest BCUT2D eigenvalue weighted by Crippen LogP contribution is -2.38. The van der Waals surface area contributed by atoms with Crippen LogP contribution >= 0.6 is 0 Å². The molecular weight excluding hydrogens is 264 g/mol. The molecular formula is C16H22N4O. The Balaban J connectivity index is 1.81. The Labute approximate surface area is 125 Å². The standard InChI is InChI=1S/C16H22N4O/c1-3-8-17-14(9-16-18-11-19-20(16)2)13-10-21-15-7-5-4-6-12(13)15/h4-7,11,13-14,17H,3,8-10H2,1-2H3. The summed E-state index contributed by atoms with van der Waals surface area (Å²) >= 11 is 0. The lowest BCUT2D eigenvalue weighted by Gasteiger charge is -2.23. The average molecular weight is 286 g/mol. The predicted octanol–water partition coefficient (Wildman–Crippen LogP) is 1.90. The Hall–Kier alpha value is -1.88. The second-order valence-electron chi connectivity index (χ2n) is 5.52. The van der Waals surface area contributed by atoms with Gasteiger partial charge in [-0.05, 0) is 19.0 Å². The highest BCUT2D eigenvalue weighted by atomic mass is 16.5. The lowest BCUT2D eigenvalue weighted by molar-refractivity contribution is 0.294. The quantitative estimate of drug-likeness (QED) is 0.881. The number of fused-ring (bicyclic) bond motifs is 1. The summed E-state index contributed by atoms with van der Waals surface area (Å²) in [5.74, 6) is 2.39. The molecule has 2 heterocycles. The van der Waals surface area contributed by atoms with Gasteiger partial charge in [-0.25, -0.2) is 4.98 Å². The number of aromatic nitrogens is 3. The molecule has 3 rings (SSSR count). The van der Waals surface area contributed by atoms with Crippen LogP contribution < -0.4 is 10.1 Å². The van der Waals surface area contributed by atoms with Crippen molar-refractivity contribution in [1.82, 2.24) is 20.1 Å². The van der Waals surface area contributed by atoms with E-state index in [1.165, 1.54) is 5.56 Å². The Morgan fingerprint density at radius 2 is 2.29 bits per heavy atom. The monoisotopic (exact) mass is 286 g/mol. The lowest BCUT2D eigenvalue weighted by atomic mass is 9.91. The van der Waals surface area contributed by atoms with E-state index in [0.717, 1.165) is 37.6 Å². The number of ether oxygens (including phenoxy) is 1. The molecule has 1 aliphatic heterocycles. The molecule has 1 N–H and O–H groups in total. The molecule has 0 bridgehead atoms. The van der Waals surface area contributed by atoms with E-state index in [4.69, 9.17) is 4.74 Å². The fraction of sp³-hybridized carbons (Fsp3) is 0.500. The molecule has 21 heavy (non-hydrogen) atoms. The zero-order valence-electron chi connectivity index (χ0n) is 12.6. The summed E-state index contributed by atoms with van der Waals surface area (Å²) in [6.45, 7) is 3.92. The van der Waals surface area contributed by atoms with Crippen LogP contribution in [0.3, 0.4) is 0 Å². The van der Waals surface area contributed by atoms with E-state index in [9.17, 15) is 0 Å². The smallest absolute Gasteiger partial charge is 0.138 e. The Bertz CT molecular complexity index is 595. The molecule has 1 aromatic carbocycles. The first kappa shape index (κ1) is 14.1. The topological polar surface area (TPSA) is 52.0 Å². The minimum Gasteiger partial charge on any atom is -0.493 e. The van der Waals surface area contributed by atoms with Crippen molar-refractivity contribution in [3.05, 3.63) is 42.0 Å². The van der Waals surface area contributed by atoms with Crippen LogP contribution in [0.2, 0.25) is 0 Å². The molecule has 112 valence electrons. The van der Waals surface area contributed by atoms with Gasteiger partial charge in [-0.1, -0.05) is 25.1 Å². The highest BCUT2D eigenvalue weighted by Gasteiger charge is 2.31. The Morgan fingerprint density at radius 1 is 1.43 bits per heavy atom. The largest absolute Gasteiger partial charge is 0.493 e. The van der Waals surface area contributed by atoms with Gasteiger partial charge in [0.1, 0.15) is 17.9 Å². The fourth-order valence-corrected chi connectivity index (χ4v) is 2.91. The minimum atomic E-state index is 0.316. The van der Waals surface area contributed by atoms with Crippen LogP contribution in [-0.4, -0.2) is 34.0 Å². The third-order valence-electron chi connectivity index (χ3n) is 4.09. The molecule has 1 aliphatic rings. The Kier molecular flexibility index (Phi) is 4.20. The molecule has 2 unspecified atom stereocenters. The molecule has 0 saturated carbocycles. The highest BCUT2D eigenvalue weighted by Crippen LogP contribution is 2.36. The number of benzene rings is 1. The van der Waals surface area contributed by atoms with Crippen molar-refractivity contribution in [3.63, 3.8) is 0 Å². The molecule has 2 aromatic rings. The van der Waals surface area contributed by atoms with Gasteiger partial charge in [-0.3, -0.25) is 4.68 Å². The summed E-state index contributed by atoms with van der Waals surface area (Å²) < 4.78 is 7.69. The molecule has 0 saturated heterocycles. The maximum absolute atomic E-state index is 5.84. The first-order chi connectivity index (χ1) is 10.3. The number of rotatable bonds is 6. The maximum atomic E-state index is 5.84. The van der Waals surface area contributed by atoms with Crippen LogP contribution in [0, 0.1) is 0 Å². The highest BCUT2D eigenvalue weighted by molar-refractivity contribution is 5.40. The van der Waals surface area contributed by atoms with Gasteiger partial charge in [0.2, 0.25) is 0 Å². The van der Waals surface area contributed by atoms with Crippen molar-refractivity contribution < 1.29 is 4.74 Å². The number of nitrogens with one attached hydrogen (secondary N) is 1. The van der Waals surface area contributed by atoms with Gasteiger partial charge in [0.05, 0.1) is 6.61 Å². The summed E-state index contributed by atoms with van der Waals surface area (Å²) in [7, 11) is 1.94. The van der Waals surface area contributed by atoms with Gasteiger partial charge in [0, 0.05) is 31.0 Å². The van der Waals surface area contributed by atoms with Gasteiger partial charge in [0.25, 0.3) is 0 Å². The zero-order valence-corrected chi connectivity index (χ0v) is 12.6. The van der Waals surface area contributed by atoms with Crippen LogP contribution in [0.5, 0.6) is 5.75 Å². The number of hydrogen-bond donors (Lipinski definition) is 1. The van der Waals surface area contributed by atoms with Crippen LogP contribution in [0.4, 0.5) is 0 Å². The second-order valence-corrected chi connectivity index (χ2v) is 5.52. The van der Waals surface area contributed by atoms with Gasteiger partial charge < -0.3 is 10.1 Å². The molecule has 0 spiro atoms. The van der Waals surface area contributed by atoms with Crippen molar-refractivity contribution in [3.8, 4) is 5.75 Å². The molecule has 0 amide bonds. The summed E-state index contributed by atoms with van der Waals surface area (Å²) in [5.41, 5.74) is 1.30. The Morgan fingerprint density at radius 3 is 3.05 bits per heavy atom. The maximum Gasteiger partial charge on any atom is 0.138 e. The summed E-state index contributed by atoms with van der Waals surface area (Å²) in [6.07, 6.45) is 3.59. The number of nitrogens with zero attached hydrogens (tertiary/aromatic N) is 3. The SMILES string of the molecule is CCCNC(Cc1ncnn1C)C1COc2ccccc21. The van der Waals surface area contributed by atoms with E-state index in [0.29, 0.717) is 12.0 Å². The van der Waals surface area contributed by atoms with Crippen molar-refractivity contribution in [1.29, 1.82) is 0 Å². The van der Waals surface area contributed by atoms with Crippen molar-refractivity contribution in [2.75, 3.05) is 13.2 Å². The van der Waals surface area contributed by atoms with Crippen LogP contribution in [0.15, 0.2) is 30.6 Å². The normalized spacial score (nSPS) is 18.3. The van der Waals surface area contributed by atoms with Gasteiger partial charge in [-0.2, -0.15) is 5.10 Å². The van der Waals surface area contributed by atoms with E-state index >= 15 is 0 Å². The number of hydrogen-bond acceptors (Lipinski definition) is 4. The number of aryl methyl sites for hydroxylation is 1. The molecule has 2 atom stereocenters. The fourth-order valence-electron chi connectivity index (χ4n) is 2.91. The van der Waals surface area contributed by atoms with E-state index in [-0.39, 0.29) is 0 Å². The van der Waals surface area contributed by atoms with Crippen LogP contribution in [-0.2, 0) is 13.5 Å². The zero-order chi connectivity index (χ0) is 14.7. The van der Waals surface area contributed by atoms with Gasteiger partial charge >= 0.3 is 0 Å². The molecule has 0 radical (unpaired) electrons. The molecule has 5 nitrogen and oxygen atoms in total. The summed E-state index contributed by atoms with van der Waals surface area (Å²) in [6, 6.07) is 8.65. The van der Waals surface area contributed by atoms with E-state index in [2.05, 4.69) is 40.5 Å². The van der Waals surface area contributed by atoms with Crippen molar-refractivity contribution in [2.24, 2.45) is 7.05 Å². The van der Waals surface area contributed by atoms with Gasteiger partial charge in [0.15, 0.2) is 0 Å². The van der Waals surface area contributed by atoms with E-state index in [1.54, 1.807) is 6.33 Å². The second kappa shape index (κ2) is 6.26. The van der Waals surface area contributed by atoms with Crippen molar-refractivity contribution in [2.45, 2.75) is 31.7 Å². The molecule has 0 fully saturated rings. The minimum absolute atomic E-state index is 0.316. The first-order valence-electron chi connectivity index (χ1n) is 7.57. The first-order valence-corrected chi connectivity index (χ1v) is 7.57. The molecule has 0 aliphatic carbocycles. The van der Waals surface area contributed by atoms with Gasteiger partial charge in [-0.15, -0.1) is 0 Å². The third-order valence-corrected chi connectivity index (χ3v) is 4.09. The average Bonchev–Trinajstić information content (AvgIpc) is 3.10. The number of para-hydroxylation sites is 1. The molecule has 1 aromatic heterocycles. The third kappa shape index (κ3) is 2.93. The predicted molar refractivity (Wildman–Crippen MR) is 81.5 cm³/mol. The van der Waals surface area contributed by atoms with Crippen LogP contribution in [0.25, 0.3) is 0 Å². The van der Waals surface area contributed by atoms with E-state index in [1.807, 2.05) is 17.8 Å². The summed E-state index contributed by atoms with van der Waals surface area (Å²) in [4.78, 5) is 4.36. The van der Waals surface area contributed by atoms with Crippen molar-refractivity contribution >= 4 is 0 Å². The van der Waals surface area contributed by atoms with Crippen LogP contribution in [0.1, 0.15) is 30.7 Å². The summed E-state index contributed by atoms with van der Waals surface area (Å²) in [5, 5.41) is 7.82. The molecule has 5 heteroatoms.